The predicted molar refractivity (Wildman–Crippen MR) is 129 cm³/mol. The molecule has 0 amide bonds. The van der Waals surface area contributed by atoms with Gasteiger partial charge in [0, 0.05) is 52.7 Å². The Morgan fingerprint density at radius 3 is 2.55 bits per heavy atom. The highest BCUT2D eigenvalue weighted by Gasteiger charge is 2.16. The van der Waals surface area contributed by atoms with Crippen molar-refractivity contribution in [2.45, 2.75) is 13.3 Å². The molecule has 158 valence electrons. The number of ether oxygens (including phenoxy) is 1. The zero-order valence-corrected chi connectivity index (χ0v) is 18.9. The van der Waals surface area contributed by atoms with Crippen LogP contribution < -0.4 is 10.2 Å². The van der Waals surface area contributed by atoms with Gasteiger partial charge in [-0.05, 0) is 42.8 Å². The minimum absolute atomic E-state index is 0.793. The summed E-state index contributed by atoms with van der Waals surface area (Å²) < 4.78 is 5.44. The minimum atomic E-state index is 0.793. The monoisotopic (exact) mass is 449 g/mol. The zero-order valence-electron chi connectivity index (χ0n) is 17.2. The van der Waals surface area contributed by atoms with Crippen molar-refractivity contribution in [1.82, 2.24) is 15.0 Å². The first-order valence-corrected chi connectivity index (χ1v) is 12.1. The fourth-order valence-electron chi connectivity index (χ4n) is 3.57. The van der Waals surface area contributed by atoms with Gasteiger partial charge in [-0.1, -0.05) is 6.92 Å². The summed E-state index contributed by atoms with van der Waals surface area (Å²) in [7, 11) is 0. The first-order valence-electron chi connectivity index (χ1n) is 10.4. The maximum absolute atomic E-state index is 5.44. The molecule has 1 fully saturated rings. The van der Waals surface area contributed by atoms with Gasteiger partial charge in [0.25, 0.3) is 0 Å². The molecule has 3 aromatic heterocycles. The fraction of sp³-hybridized carbons (Fsp3) is 0.261. The van der Waals surface area contributed by atoms with Gasteiger partial charge in [-0.3, -0.25) is 4.98 Å². The van der Waals surface area contributed by atoms with E-state index >= 15 is 0 Å². The summed E-state index contributed by atoms with van der Waals surface area (Å²) in [6.07, 6.45) is 4.56. The average Bonchev–Trinajstić information content (AvgIpc) is 3.48. The maximum atomic E-state index is 5.44. The van der Waals surface area contributed by atoms with Gasteiger partial charge < -0.3 is 15.0 Å². The summed E-state index contributed by atoms with van der Waals surface area (Å²) in [5, 5.41) is 7.32. The van der Waals surface area contributed by atoms with Crippen molar-refractivity contribution in [3.63, 3.8) is 0 Å². The largest absolute Gasteiger partial charge is 0.378 e. The Balaban J connectivity index is 1.32. The van der Waals surface area contributed by atoms with Gasteiger partial charge in [-0.2, -0.15) is 0 Å². The minimum Gasteiger partial charge on any atom is -0.378 e. The average molecular weight is 450 g/mol. The van der Waals surface area contributed by atoms with Gasteiger partial charge >= 0.3 is 0 Å². The lowest BCUT2D eigenvalue weighted by molar-refractivity contribution is 0.122. The summed E-state index contributed by atoms with van der Waals surface area (Å²) in [4.78, 5) is 17.4. The van der Waals surface area contributed by atoms with Crippen LogP contribution in [0.1, 0.15) is 11.8 Å². The number of hydrogen-bond donors (Lipinski definition) is 1. The van der Waals surface area contributed by atoms with Crippen LogP contribution in [0.25, 0.3) is 22.0 Å². The Morgan fingerprint density at radius 1 is 1.03 bits per heavy atom. The molecule has 0 aliphatic carbocycles. The molecule has 4 aromatic rings. The molecule has 1 N–H and O–H groups in total. The highest BCUT2D eigenvalue weighted by Crippen LogP contribution is 2.35. The normalized spacial score (nSPS) is 14.0. The SMILES string of the molecule is CCc1sc(-c2csc(Nc3ccc(N4CCOCC4)cc3)n2)nc1-c1ccncc1. The number of nitrogens with one attached hydrogen (secondary N) is 1. The summed E-state index contributed by atoms with van der Waals surface area (Å²) in [6.45, 7) is 5.63. The molecule has 31 heavy (non-hydrogen) atoms. The Hall–Kier alpha value is -2.81. The van der Waals surface area contributed by atoms with Gasteiger partial charge in [-0.25, -0.2) is 9.97 Å². The van der Waals surface area contributed by atoms with Gasteiger partial charge in [0.2, 0.25) is 0 Å². The van der Waals surface area contributed by atoms with Crippen molar-refractivity contribution < 1.29 is 4.74 Å². The molecule has 0 unspecified atom stereocenters. The highest BCUT2D eigenvalue weighted by atomic mass is 32.1. The quantitative estimate of drug-likeness (QED) is 0.421. The van der Waals surface area contributed by atoms with E-state index in [-0.39, 0.29) is 0 Å². The lowest BCUT2D eigenvalue weighted by Gasteiger charge is -2.28. The van der Waals surface area contributed by atoms with Gasteiger partial charge in [-0.15, -0.1) is 22.7 Å². The summed E-state index contributed by atoms with van der Waals surface area (Å²) in [5.74, 6) is 0. The van der Waals surface area contributed by atoms with Crippen molar-refractivity contribution in [3.05, 3.63) is 59.0 Å². The first-order chi connectivity index (χ1) is 15.3. The van der Waals surface area contributed by atoms with E-state index in [4.69, 9.17) is 14.7 Å². The third kappa shape index (κ3) is 4.46. The second kappa shape index (κ2) is 9.13. The van der Waals surface area contributed by atoms with Crippen LogP contribution in [0.3, 0.4) is 0 Å². The first kappa shape index (κ1) is 20.1. The standard InChI is InChI=1S/C23H23N5OS2/c1-2-20-21(16-7-9-24-10-8-16)27-22(31-20)19-15-30-23(26-19)25-17-3-5-18(6-4-17)28-11-13-29-14-12-28/h3-10,15H,2,11-14H2,1H3,(H,25,26). The third-order valence-electron chi connectivity index (χ3n) is 5.19. The van der Waals surface area contributed by atoms with Crippen molar-refractivity contribution in [1.29, 1.82) is 0 Å². The van der Waals surface area contributed by atoms with Gasteiger partial charge in [0.05, 0.1) is 18.9 Å². The number of thiazole rings is 2. The number of aryl methyl sites for hydroxylation is 1. The van der Waals surface area contributed by atoms with Crippen LogP contribution in [0.15, 0.2) is 54.2 Å². The van der Waals surface area contributed by atoms with Crippen LogP contribution in [0.4, 0.5) is 16.5 Å². The van der Waals surface area contributed by atoms with Crippen LogP contribution in [0.2, 0.25) is 0 Å². The van der Waals surface area contributed by atoms with E-state index in [0.29, 0.717) is 0 Å². The molecule has 8 heteroatoms. The smallest absolute Gasteiger partial charge is 0.187 e. The topological polar surface area (TPSA) is 63.2 Å². The zero-order chi connectivity index (χ0) is 21.0. The van der Waals surface area contributed by atoms with E-state index in [1.165, 1.54) is 10.6 Å². The van der Waals surface area contributed by atoms with Crippen molar-refractivity contribution >= 4 is 39.2 Å². The van der Waals surface area contributed by atoms with Crippen molar-refractivity contribution in [2.24, 2.45) is 0 Å². The third-order valence-corrected chi connectivity index (χ3v) is 7.17. The fourth-order valence-corrected chi connectivity index (χ4v) is 5.34. The second-order valence-corrected chi connectivity index (χ2v) is 9.13. The molecule has 0 bridgehead atoms. The number of benzene rings is 1. The Labute approximate surface area is 189 Å². The molecule has 1 aliphatic rings. The van der Waals surface area contributed by atoms with E-state index in [9.17, 15) is 0 Å². The van der Waals surface area contributed by atoms with Crippen LogP contribution in [-0.2, 0) is 11.2 Å². The Kier molecular flexibility index (Phi) is 5.93. The number of nitrogens with zero attached hydrogens (tertiary/aromatic N) is 4. The molecule has 0 radical (unpaired) electrons. The number of hydrogen-bond acceptors (Lipinski definition) is 8. The molecule has 4 heterocycles. The van der Waals surface area contributed by atoms with Gasteiger partial charge in [0.1, 0.15) is 10.7 Å². The highest BCUT2D eigenvalue weighted by molar-refractivity contribution is 7.17. The second-order valence-electron chi connectivity index (χ2n) is 7.19. The maximum Gasteiger partial charge on any atom is 0.187 e. The molecule has 6 nitrogen and oxygen atoms in total. The van der Waals surface area contributed by atoms with Gasteiger partial charge in [0.15, 0.2) is 5.13 Å². The van der Waals surface area contributed by atoms with Crippen molar-refractivity contribution in [3.8, 4) is 22.0 Å². The lowest BCUT2D eigenvalue weighted by Crippen LogP contribution is -2.36. The molecule has 0 atom stereocenters. The van der Waals surface area contributed by atoms with E-state index in [1.807, 2.05) is 24.5 Å². The van der Waals surface area contributed by atoms with Crippen LogP contribution in [0.5, 0.6) is 0 Å². The molecule has 1 aromatic carbocycles. The van der Waals surface area contributed by atoms with E-state index in [0.717, 1.165) is 65.5 Å². The summed E-state index contributed by atoms with van der Waals surface area (Å²) in [5.41, 5.74) is 5.31. The molecule has 0 spiro atoms. The molecule has 1 saturated heterocycles. The number of anilines is 3. The molecular weight excluding hydrogens is 426 g/mol. The van der Waals surface area contributed by atoms with E-state index < -0.39 is 0 Å². The molecule has 1 aliphatic heterocycles. The van der Waals surface area contributed by atoms with Crippen molar-refractivity contribution in [2.75, 3.05) is 36.5 Å². The van der Waals surface area contributed by atoms with E-state index in [1.54, 1.807) is 22.7 Å². The number of pyridine rings is 1. The predicted octanol–water partition coefficient (Wildman–Crippen LogP) is 5.47. The molecule has 5 rings (SSSR count). The number of aromatic nitrogens is 3. The van der Waals surface area contributed by atoms with Crippen LogP contribution in [0, 0.1) is 0 Å². The summed E-state index contributed by atoms with van der Waals surface area (Å²) in [6, 6.07) is 12.5. The number of rotatable bonds is 6. The molecule has 0 saturated carbocycles. The van der Waals surface area contributed by atoms with Crippen LogP contribution in [-0.4, -0.2) is 41.3 Å². The molecular formula is C23H23N5OS2. The lowest BCUT2D eigenvalue weighted by atomic mass is 10.1. The number of morpholine rings is 1. The Bertz CT molecular complexity index is 1130. The Morgan fingerprint density at radius 2 is 1.81 bits per heavy atom. The van der Waals surface area contributed by atoms with Crippen LogP contribution >= 0.6 is 22.7 Å². The van der Waals surface area contributed by atoms with E-state index in [2.05, 4.69) is 51.8 Å². The summed E-state index contributed by atoms with van der Waals surface area (Å²) >= 11 is 3.31.